The summed E-state index contributed by atoms with van der Waals surface area (Å²) in [5, 5.41) is 8.10. The van der Waals surface area contributed by atoms with Gasteiger partial charge in [0, 0.05) is 23.3 Å². The molecule has 6 heteroatoms. The number of anilines is 1. The van der Waals surface area contributed by atoms with E-state index in [1.165, 1.54) is 12.1 Å². The molecule has 1 unspecified atom stereocenters. The maximum atomic E-state index is 13.4. The molecule has 30 heavy (non-hydrogen) atoms. The lowest BCUT2D eigenvalue weighted by molar-refractivity contribution is -0.118. The lowest BCUT2D eigenvalue weighted by atomic mass is 9.73. The molecule has 2 aliphatic rings. The molecule has 5 rings (SSSR count). The van der Waals surface area contributed by atoms with E-state index in [1.54, 1.807) is 16.8 Å². The third-order valence-electron chi connectivity index (χ3n) is 5.83. The standard InChI is InChI=1S/C24H23FN4O/c1-14-4-6-15(7-5-14)21-20-18(12-24(2,3)13-19(20)30)26-23-27-22(28-29(21)23)16-8-10-17(25)11-9-16/h4-11,21H,12-13H2,1-3H3,(H,26,27,28). The smallest absolute Gasteiger partial charge is 0.226 e. The Balaban J connectivity index is 1.67. The van der Waals surface area contributed by atoms with Crippen molar-refractivity contribution >= 4 is 11.7 Å². The zero-order valence-electron chi connectivity index (χ0n) is 17.2. The Labute approximate surface area is 174 Å². The Hall–Kier alpha value is -3.28. The summed E-state index contributed by atoms with van der Waals surface area (Å²) in [6, 6.07) is 14.0. The summed E-state index contributed by atoms with van der Waals surface area (Å²) in [6.07, 6.45) is 1.28. The number of aryl methyl sites for hydroxylation is 1. The first-order valence-corrected chi connectivity index (χ1v) is 10.1. The van der Waals surface area contributed by atoms with Gasteiger partial charge in [0.25, 0.3) is 0 Å². The van der Waals surface area contributed by atoms with Gasteiger partial charge in [-0.2, -0.15) is 4.98 Å². The molecule has 0 amide bonds. The molecule has 0 saturated heterocycles. The molecular formula is C24H23FN4O. The summed E-state index contributed by atoms with van der Waals surface area (Å²) >= 11 is 0. The highest BCUT2D eigenvalue weighted by Gasteiger charge is 2.41. The summed E-state index contributed by atoms with van der Waals surface area (Å²) in [5.41, 5.74) is 4.46. The number of Topliss-reactive ketones (excluding diaryl/α,β-unsaturated/α-hetero) is 1. The number of hydrogen-bond donors (Lipinski definition) is 1. The van der Waals surface area contributed by atoms with E-state index in [2.05, 4.69) is 24.1 Å². The molecular weight excluding hydrogens is 379 g/mol. The normalized spacial score (nSPS) is 19.9. The van der Waals surface area contributed by atoms with Gasteiger partial charge in [0.1, 0.15) is 11.9 Å². The second kappa shape index (κ2) is 6.62. The average Bonchev–Trinajstić information content (AvgIpc) is 3.10. The fraction of sp³-hybridized carbons (Fsp3) is 0.292. The van der Waals surface area contributed by atoms with Gasteiger partial charge in [-0.05, 0) is 48.6 Å². The maximum absolute atomic E-state index is 13.4. The van der Waals surface area contributed by atoms with Gasteiger partial charge >= 0.3 is 0 Å². The van der Waals surface area contributed by atoms with Crippen molar-refractivity contribution in [2.45, 2.75) is 39.7 Å². The molecule has 1 aliphatic carbocycles. The van der Waals surface area contributed by atoms with Crippen molar-refractivity contribution in [1.82, 2.24) is 14.8 Å². The van der Waals surface area contributed by atoms with E-state index in [4.69, 9.17) is 5.10 Å². The van der Waals surface area contributed by atoms with Crippen molar-refractivity contribution in [1.29, 1.82) is 0 Å². The van der Waals surface area contributed by atoms with Gasteiger partial charge in [-0.25, -0.2) is 9.07 Å². The molecule has 2 heterocycles. The minimum absolute atomic E-state index is 0.108. The number of ketones is 1. The van der Waals surface area contributed by atoms with Crippen LogP contribution in [0.5, 0.6) is 0 Å². The molecule has 1 aliphatic heterocycles. The van der Waals surface area contributed by atoms with E-state index < -0.39 is 0 Å². The number of benzene rings is 2. The second-order valence-electron chi connectivity index (χ2n) is 8.98. The topological polar surface area (TPSA) is 59.8 Å². The van der Waals surface area contributed by atoms with E-state index in [0.29, 0.717) is 18.2 Å². The monoisotopic (exact) mass is 402 g/mol. The van der Waals surface area contributed by atoms with Crippen LogP contribution in [0, 0.1) is 18.2 Å². The van der Waals surface area contributed by atoms with Crippen LogP contribution in [0.4, 0.5) is 10.3 Å². The van der Waals surface area contributed by atoms with E-state index in [1.807, 2.05) is 31.2 Å². The number of allylic oxidation sites excluding steroid dienone is 2. The molecule has 1 N–H and O–H groups in total. The molecule has 152 valence electrons. The summed E-state index contributed by atoms with van der Waals surface area (Å²) in [4.78, 5) is 17.9. The minimum atomic E-state index is -0.331. The second-order valence-corrected chi connectivity index (χ2v) is 8.98. The van der Waals surface area contributed by atoms with Gasteiger partial charge in [0.2, 0.25) is 5.95 Å². The molecule has 0 fully saturated rings. The highest BCUT2D eigenvalue weighted by Crippen LogP contribution is 2.45. The van der Waals surface area contributed by atoms with Gasteiger partial charge in [-0.15, -0.1) is 5.10 Å². The third-order valence-corrected chi connectivity index (χ3v) is 5.83. The van der Waals surface area contributed by atoms with Crippen molar-refractivity contribution in [3.05, 3.63) is 76.7 Å². The van der Waals surface area contributed by atoms with E-state index in [-0.39, 0.29) is 23.1 Å². The lowest BCUT2D eigenvalue weighted by Crippen LogP contribution is -2.36. The van der Waals surface area contributed by atoms with Crippen molar-refractivity contribution in [3.63, 3.8) is 0 Å². The summed E-state index contributed by atoms with van der Waals surface area (Å²) in [5.74, 6) is 0.942. The highest BCUT2D eigenvalue weighted by molar-refractivity contribution is 6.00. The zero-order valence-corrected chi connectivity index (χ0v) is 17.2. The van der Waals surface area contributed by atoms with Crippen LogP contribution < -0.4 is 5.32 Å². The van der Waals surface area contributed by atoms with Crippen LogP contribution in [0.3, 0.4) is 0 Å². The Morgan fingerprint density at radius 2 is 1.77 bits per heavy atom. The van der Waals surface area contributed by atoms with Crippen molar-refractivity contribution in [2.24, 2.45) is 5.41 Å². The Kier molecular flexibility index (Phi) is 4.13. The predicted octanol–water partition coefficient (Wildman–Crippen LogP) is 5.05. The SMILES string of the molecule is Cc1ccc(C2C3=C(CC(C)(C)CC3=O)Nc3nc(-c4ccc(F)cc4)nn32)cc1. The summed E-state index contributed by atoms with van der Waals surface area (Å²) < 4.78 is 15.1. The van der Waals surface area contributed by atoms with Crippen LogP contribution in [0.15, 0.2) is 59.8 Å². The largest absolute Gasteiger partial charge is 0.328 e. The summed E-state index contributed by atoms with van der Waals surface area (Å²) in [7, 11) is 0. The number of aromatic nitrogens is 3. The van der Waals surface area contributed by atoms with Crippen molar-refractivity contribution in [2.75, 3.05) is 5.32 Å². The van der Waals surface area contributed by atoms with Crippen molar-refractivity contribution in [3.8, 4) is 11.4 Å². The van der Waals surface area contributed by atoms with Crippen molar-refractivity contribution < 1.29 is 9.18 Å². The molecule has 3 aromatic rings. The Morgan fingerprint density at radius 1 is 1.07 bits per heavy atom. The van der Waals surface area contributed by atoms with Gasteiger partial charge < -0.3 is 5.32 Å². The number of rotatable bonds is 2. The minimum Gasteiger partial charge on any atom is -0.328 e. The lowest BCUT2D eigenvalue weighted by Gasteiger charge is -2.38. The van der Waals surface area contributed by atoms with E-state index in [0.717, 1.165) is 34.4 Å². The quantitative estimate of drug-likeness (QED) is 0.652. The van der Waals surface area contributed by atoms with Crippen LogP contribution in [0.25, 0.3) is 11.4 Å². The van der Waals surface area contributed by atoms with Gasteiger partial charge in [-0.3, -0.25) is 4.79 Å². The number of hydrogen-bond acceptors (Lipinski definition) is 4. The molecule has 5 nitrogen and oxygen atoms in total. The number of fused-ring (bicyclic) bond motifs is 1. The highest BCUT2D eigenvalue weighted by atomic mass is 19.1. The molecule has 0 spiro atoms. The van der Waals surface area contributed by atoms with Gasteiger partial charge in [0.05, 0.1) is 0 Å². The molecule has 1 atom stereocenters. The molecule has 0 radical (unpaired) electrons. The zero-order chi connectivity index (χ0) is 21.0. The molecule has 0 bridgehead atoms. The van der Waals surface area contributed by atoms with Gasteiger partial charge in [0.15, 0.2) is 11.6 Å². The first-order valence-electron chi connectivity index (χ1n) is 10.1. The number of nitrogens with zero attached hydrogens (tertiary/aromatic N) is 3. The number of carbonyl (C=O) groups is 1. The average molecular weight is 402 g/mol. The first-order chi connectivity index (χ1) is 14.3. The van der Waals surface area contributed by atoms with Crippen LogP contribution >= 0.6 is 0 Å². The fourth-order valence-electron chi connectivity index (χ4n) is 4.39. The molecule has 1 aromatic heterocycles. The fourth-order valence-corrected chi connectivity index (χ4v) is 4.39. The summed E-state index contributed by atoms with van der Waals surface area (Å²) in [6.45, 7) is 6.26. The van der Waals surface area contributed by atoms with Crippen LogP contribution in [0.2, 0.25) is 0 Å². The van der Waals surface area contributed by atoms with E-state index >= 15 is 0 Å². The van der Waals surface area contributed by atoms with Gasteiger partial charge in [-0.1, -0.05) is 43.7 Å². The van der Waals surface area contributed by atoms with E-state index in [9.17, 15) is 9.18 Å². The number of halogens is 1. The predicted molar refractivity (Wildman–Crippen MR) is 113 cm³/mol. The van der Waals surface area contributed by atoms with Crippen LogP contribution in [-0.4, -0.2) is 20.5 Å². The first kappa shape index (κ1) is 18.7. The molecule has 2 aromatic carbocycles. The van der Waals surface area contributed by atoms with Crippen LogP contribution in [-0.2, 0) is 4.79 Å². The Bertz CT molecular complexity index is 1170. The third kappa shape index (κ3) is 3.12. The molecule has 0 saturated carbocycles. The number of carbonyl (C=O) groups excluding carboxylic acids is 1. The number of nitrogens with one attached hydrogen (secondary N) is 1. The Morgan fingerprint density at radius 3 is 2.47 bits per heavy atom. The maximum Gasteiger partial charge on any atom is 0.226 e. The van der Waals surface area contributed by atoms with Crippen LogP contribution in [0.1, 0.15) is 43.9 Å².